The van der Waals surface area contributed by atoms with E-state index >= 15 is 0 Å². The Morgan fingerprint density at radius 3 is 2.33 bits per heavy atom. The van der Waals surface area contributed by atoms with Crippen molar-refractivity contribution >= 4 is 10.0 Å². The lowest BCUT2D eigenvalue weighted by molar-refractivity contribution is 0.0583. The van der Waals surface area contributed by atoms with Gasteiger partial charge in [-0.1, -0.05) is 0 Å². The van der Waals surface area contributed by atoms with E-state index in [-0.39, 0.29) is 10.7 Å². The Kier molecular flexibility index (Phi) is 1.72. The molecule has 1 heterocycles. The lowest BCUT2D eigenvalue weighted by Crippen LogP contribution is -2.27. The Balaban J connectivity index is 2.09. The highest BCUT2D eigenvalue weighted by Crippen LogP contribution is 2.56. The van der Waals surface area contributed by atoms with E-state index in [1.807, 2.05) is 0 Å². The van der Waals surface area contributed by atoms with Crippen molar-refractivity contribution in [2.45, 2.75) is 24.5 Å². The van der Waals surface area contributed by atoms with E-state index in [0.29, 0.717) is 13.2 Å². The van der Waals surface area contributed by atoms with Crippen LogP contribution in [-0.2, 0) is 14.8 Å². The topological polar surface area (TPSA) is 69.4 Å². The van der Waals surface area contributed by atoms with Crippen LogP contribution in [0.4, 0.5) is 0 Å². The minimum absolute atomic E-state index is 0.00810. The summed E-state index contributed by atoms with van der Waals surface area (Å²) in [5.41, 5.74) is -0.00810. The number of primary sulfonamides is 1. The molecule has 4 nitrogen and oxygen atoms in total. The van der Waals surface area contributed by atoms with E-state index in [4.69, 9.17) is 9.88 Å². The van der Waals surface area contributed by atoms with Crippen molar-refractivity contribution in [3.63, 3.8) is 0 Å². The number of hydrogen-bond donors (Lipinski definition) is 1. The van der Waals surface area contributed by atoms with Crippen LogP contribution in [-0.4, -0.2) is 26.9 Å². The monoisotopic (exact) mass is 191 g/mol. The largest absolute Gasteiger partial charge is 0.381 e. The summed E-state index contributed by atoms with van der Waals surface area (Å²) >= 11 is 0. The van der Waals surface area contributed by atoms with Crippen LogP contribution in [0.5, 0.6) is 0 Å². The summed E-state index contributed by atoms with van der Waals surface area (Å²) in [6, 6.07) is 0. The molecule has 2 aliphatic rings. The molecule has 12 heavy (non-hydrogen) atoms. The third-order valence-electron chi connectivity index (χ3n) is 3.00. The summed E-state index contributed by atoms with van der Waals surface area (Å²) in [7, 11) is -3.29. The van der Waals surface area contributed by atoms with Crippen LogP contribution < -0.4 is 5.14 Å². The molecule has 1 aliphatic carbocycles. The Hall–Kier alpha value is -0.130. The molecule has 0 aromatic heterocycles. The van der Waals surface area contributed by atoms with Gasteiger partial charge in [0.2, 0.25) is 10.0 Å². The van der Waals surface area contributed by atoms with Gasteiger partial charge in [0.1, 0.15) is 0 Å². The summed E-state index contributed by atoms with van der Waals surface area (Å²) in [4.78, 5) is 0. The van der Waals surface area contributed by atoms with Crippen LogP contribution >= 0.6 is 0 Å². The standard InChI is InChI=1S/C7H13NO3S/c8-12(9,10)6-5-7(6)1-3-11-4-2-7/h6H,1-5H2,(H2,8,9,10). The molecule has 0 radical (unpaired) electrons. The third kappa shape index (κ3) is 1.26. The fraction of sp³-hybridized carbons (Fsp3) is 1.00. The first-order valence-electron chi connectivity index (χ1n) is 4.14. The van der Waals surface area contributed by atoms with Crippen molar-refractivity contribution in [2.24, 2.45) is 10.6 Å². The van der Waals surface area contributed by atoms with Crippen molar-refractivity contribution in [1.82, 2.24) is 0 Å². The summed E-state index contributed by atoms with van der Waals surface area (Å²) in [6.07, 6.45) is 2.46. The summed E-state index contributed by atoms with van der Waals surface area (Å²) < 4.78 is 27.2. The molecule has 0 bridgehead atoms. The molecule has 1 atom stereocenters. The van der Waals surface area contributed by atoms with E-state index < -0.39 is 10.0 Å². The van der Waals surface area contributed by atoms with Crippen LogP contribution in [0, 0.1) is 5.41 Å². The van der Waals surface area contributed by atoms with Crippen LogP contribution in [0.1, 0.15) is 19.3 Å². The normalized spacial score (nSPS) is 33.6. The minimum Gasteiger partial charge on any atom is -0.381 e. The molecule has 1 aliphatic heterocycles. The molecular formula is C7H13NO3S. The molecule has 0 amide bonds. The highest BCUT2D eigenvalue weighted by atomic mass is 32.2. The van der Waals surface area contributed by atoms with E-state index in [1.54, 1.807) is 0 Å². The fourth-order valence-corrected chi connectivity index (χ4v) is 3.58. The quantitative estimate of drug-likeness (QED) is 0.626. The zero-order valence-corrected chi connectivity index (χ0v) is 7.64. The maximum Gasteiger partial charge on any atom is 0.212 e. The van der Waals surface area contributed by atoms with Crippen molar-refractivity contribution in [2.75, 3.05) is 13.2 Å². The van der Waals surface area contributed by atoms with Crippen LogP contribution in [0.2, 0.25) is 0 Å². The van der Waals surface area contributed by atoms with E-state index in [9.17, 15) is 8.42 Å². The predicted octanol–water partition coefficient (Wildman–Crippen LogP) is -0.156. The lowest BCUT2D eigenvalue weighted by atomic mass is 9.97. The summed E-state index contributed by atoms with van der Waals surface area (Å²) in [5, 5.41) is 4.79. The average molecular weight is 191 g/mol. The maximum absolute atomic E-state index is 11.0. The number of ether oxygens (including phenoxy) is 1. The first kappa shape index (κ1) is 8.47. The summed E-state index contributed by atoms with van der Waals surface area (Å²) in [5.74, 6) is 0. The van der Waals surface area contributed by atoms with Crippen molar-refractivity contribution in [1.29, 1.82) is 0 Å². The third-order valence-corrected chi connectivity index (χ3v) is 4.46. The Labute approximate surface area is 72.1 Å². The van der Waals surface area contributed by atoms with Crippen molar-refractivity contribution in [3.8, 4) is 0 Å². The molecule has 1 saturated carbocycles. The molecule has 70 valence electrons. The molecule has 1 spiro atoms. The summed E-state index contributed by atoms with van der Waals surface area (Å²) in [6.45, 7) is 1.37. The van der Waals surface area contributed by atoms with Gasteiger partial charge in [0.25, 0.3) is 0 Å². The number of nitrogens with two attached hydrogens (primary N) is 1. The van der Waals surface area contributed by atoms with Gasteiger partial charge >= 0.3 is 0 Å². The van der Waals surface area contributed by atoms with Gasteiger partial charge in [-0.25, -0.2) is 13.6 Å². The van der Waals surface area contributed by atoms with E-state index in [0.717, 1.165) is 19.3 Å². The van der Waals surface area contributed by atoms with Gasteiger partial charge in [-0.15, -0.1) is 0 Å². The number of rotatable bonds is 1. The molecular weight excluding hydrogens is 178 g/mol. The Morgan fingerprint density at radius 1 is 1.33 bits per heavy atom. The lowest BCUT2D eigenvalue weighted by Gasteiger charge is -2.21. The number of hydrogen-bond acceptors (Lipinski definition) is 3. The first-order valence-corrected chi connectivity index (χ1v) is 5.75. The molecule has 1 unspecified atom stereocenters. The van der Waals surface area contributed by atoms with Gasteiger partial charge in [0.15, 0.2) is 0 Å². The predicted molar refractivity (Wildman–Crippen MR) is 44.0 cm³/mol. The second-order valence-electron chi connectivity index (χ2n) is 3.76. The Morgan fingerprint density at radius 2 is 1.92 bits per heavy atom. The second-order valence-corrected chi connectivity index (χ2v) is 5.50. The molecule has 2 N–H and O–H groups in total. The van der Waals surface area contributed by atoms with Gasteiger partial charge in [-0.3, -0.25) is 0 Å². The zero-order chi connectivity index (χ0) is 8.82. The maximum atomic E-state index is 11.0. The van der Waals surface area contributed by atoms with Gasteiger partial charge in [0, 0.05) is 13.2 Å². The molecule has 5 heteroatoms. The second kappa shape index (κ2) is 2.43. The smallest absolute Gasteiger partial charge is 0.212 e. The Bertz CT molecular complexity index is 279. The zero-order valence-electron chi connectivity index (χ0n) is 6.82. The van der Waals surface area contributed by atoms with Crippen LogP contribution in [0.3, 0.4) is 0 Å². The van der Waals surface area contributed by atoms with Gasteiger partial charge in [0.05, 0.1) is 5.25 Å². The van der Waals surface area contributed by atoms with E-state index in [1.165, 1.54) is 0 Å². The van der Waals surface area contributed by atoms with Gasteiger partial charge in [-0.05, 0) is 24.7 Å². The first-order chi connectivity index (χ1) is 5.55. The molecule has 0 aromatic carbocycles. The van der Waals surface area contributed by atoms with Gasteiger partial charge < -0.3 is 4.74 Å². The molecule has 2 rings (SSSR count). The highest BCUT2D eigenvalue weighted by Gasteiger charge is 2.59. The molecule has 1 saturated heterocycles. The van der Waals surface area contributed by atoms with Crippen LogP contribution in [0.25, 0.3) is 0 Å². The fourth-order valence-electron chi connectivity index (χ4n) is 2.08. The highest BCUT2D eigenvalue weighted by molar-refractivity contribution is 7.90. The van der Waals surface area contributed by atoms with E-state index in [2.05, 4.69) is 0 Å². The number of sulfonamides is 1. The average Bonchev–Trinajstić information content (AvgIpc) is 2.65. The SMILES string of the molecule is NS(=O)(=O)C1CC12CCOCC2. The molecule has 0 aromatic rings. The minimum atomic E-state index is -3.29. The van der Waals surface area contributed by atoms with Crippen molar-refractivity contribution < 1.29 is 13.2 Å². The van der Waals surface area contributed by atoms with Gasteiger partial charge in [-0.2, -0.15) is 0 Å². The molecule has 2 fully saturated rings. The van der Waals surface area contributed by atoms with Crippen LogP contribution in [0.15, 0.2) is 0 Å². The van der Waals surface area contributed by atoms with Crippen molar-refractivity contribution in [3.05, 3.63) is 0 Å².